The molecule has 0 fully saturated rings. The maximum atomic E-state index is 13.4. The number of aromatic nitrogens is 2. The van der Waals surface area contributed by atoms with Gasteiger partial charge in [0.25, 0.3) is 0 Å². The Balaban J connectivity index is 2.14. The predicted octanol–water partition coefficient (Wildman–Crippen LogP) is 1.90. The lowest BCUT2D eigenvalue weighted by atomic mass is 10.3. The fourth-order valence-electron chi connectivity index (χ4n) is 1.44. The van der Waals surface area contributed by atoms with Crippen LogP contribution in [0.1, 0.15) is 0 Å². The molecule has 0 saturated heterocycles. The SMILES string of the molecule is OCCNc1cc(Nc2ccc(F)cc2F)ncn1. The smallest absolute Gasteiger partial charge is 0.149 e. The molecule has 0 aliphatic rings. The molecule has 1 aromatic carbocycles. The van der Waals surface area contributed by atoms with Crippen LogP contribution in [-0.4, -0.2) is 28.2 Å². The molecule has 0 aliphatic heterocycles. The van der Waals surface area contributed by atoms with E-state index in [4.69, 9.17) is 5.11 Å². The van der Waals surface area contributed by atoms with Crippen LogP contribution in [0.15, 0.2) is 30.6 Å². The normalized spacial score (nSPS) is 10.3. The van der Waals surface area contributed by atoms with Gasteiger partial charge in [-0.2, -0.15) is 0 Å². The first-order chi connectivity index (χ1) is 9.19. The fourth-order valence-corrected chi connectivity index (χ4v) is 1.44. The Hall–Kier alpha value is -2.28. The summed E-state index contributed by atoms with van der Waals surface area (Å²) in [6.07, 6.45) is 1.30. The molecule has 0 bridgehead atoms. The van der Waals surface area contributed by atoms with Gasteiger partial charge in [-0.25, -0.2) is 18.7 Å². The molecule has 0 amide bonds. The van der Waals surface area contributed by atoms with Gasteiger partial charge in [0.2, 0.25) is 0 Å². The Morgan fingerprint density at radius 1 is 1.11 bits per heavy atom. The molecule has 1 aromatic heterocycles. The number of hydrogen-bond donors (Lipinski definition) is 3. The fraction of sp³-hybridized carbons (Fsp3) is 0.167. The Kier molecular flexibility index (Phi) is 4.19. The molecular weight excluding hydrogens is 254 g/mol. The number of nitrogens with one attached hydrogen (secondary N) is 2. The molecule has 0 radical (unpaired) electrons. The minimum atomic E-state index is -0.705. The van der Waals surface area contributed by atoms with E-state index in [9.17, 15) is 8.78 Å². The molecule has 1 heterocycles. The number of aliphatic hydroxyl groups is 1. The van der Waals surface area contributed by atoms with Crippen LogP contribution in [0.4, 0.5) is 26.1 Å². The van der Waals surface area contributed by atoms with Crippen molar-refractivity contribution in [2.24, 2.45) is 0 Å². The first-order valence-electron chi connectivity index (χ1n) is 5.58. The van der Waals surface area contributed by atoms with Crippen LogP contribution in [0.3, 0.4) is 0 Å². The van der Waals surface area contributed by atoms with Crippen LogP contribution >= 0.6 is 0 Å². The van der Waals surface area contributed by atoms with E-state index in [0.717, 1.165) is 12.1 Å². The molecule has 0 saturated carbocycles. The van der Waals surface area contributed by atoms with Crippen LogP contribution in [-0.2, 0) is 0 Å². The standard InChI is InChI=1S/C12H12F2N4O/c13-8-1-2-10(9(14)5-8)18-12-6-11(15-3-4-19)16-7-17-12/h1-2,5-7,19H,3-4H2,(H2,15,16,17,18). The van der Waals surface area contributed by atoms with Crippen LogP contribution in [0.25, 0.3) is 0 Å². The van der Waals surface area contributed by atoms with E-state index in [1.807, 2.05) is 0 Å². The molecule has 100 valence electrons. The zero-order valence-corrected chi connectivity index (χ0v) is 9.90. The lowest BCUT2D eigenvalue weighted by Crippen LogP contribution is -2.07. The van der Waals surface area contributed by atoms with E-state index in [-0.39, 0.29) is 12.3 Å². The van der Waals surface area contributed by atoms with Crippen molar-refractivity contribution in [1.29, 1.82) is 0 Å². The third kappa shape index (κ3) is 3.59. The van der Waals surface area contributed by atoms with Crippen molar-refractivity contribution in [2.45, 2.75) is 0 Å². The zero-order valence-electron chi connectivity index (χ0n) is 9.90. The maximum absolute atomic E-state index is 13.4. The van der Waals surface area contributed by atoms with Gasteiger partial charge in [0.1, 0.15) is 29.6 Å². The second-order valence-corrected chi connectivity index (χ2v) is 3.69. The van der Waals surface area contributed by atoms with Gasteiger partial charge in [-0.3, -0.25) is 0 Å². The molecular formula is C12H12F2N4O. The van der Waals surface area contributed by atoms with Gasteiger partial charge >= 0.3 is 0 Å². The minimum Gasteiger partial charge on any atom is -0.395 e. The predicted molar refractivity (Wildman–Crippen MR) is 67.2 cm³/mol. The largest absolute Gasteiger partial charge is 0.395 e. The maximum Gasteiger partial charge on any atom is 0.149 e. The topological polar surface area (TPSA) is 70.1 Å². The molecule has 2 aromatic rings. The summed E-state index contributed by atoms with van der Waals surface area (Å²) in [7, 11) is 0. The summed E-state index contributed by atoms with van der Waals surface area (Å²) in [5.41, 5.74) is 0.119. The number of anilines is 3. The summed E-state index contributed by atoms with van der Waals surface area (Å²) in [6, 6.07) is 4.78. The monoisotopic (exact) mass is 266 g/mol. The molecule has 0 atom stereocenters. The Morgan fingerprint density at radius 3 is 2.63 bits per heavy atom. The average Bonchev–Trinajstić information content (AvgIpc) is 2.40. The van der Waals surface area contributed by atoms with E-state index in [2.05, 4.69) is 20.6 Å². The Morgan fingerprint density at radius 2 is 1.89 bits per heavy atom. The first-order valence-corrected chi connectivity index (χ1v) is 5.58. The number of nitrogens with zero attached hydrogens (tertiary/aromatic N) is 2. The lowest BCUT2D eigenvalue weighted by molar-refractivity contribution is 0.311. The van der Waals surface area contributed by atoms with Crippen molar-refractivity contribution >= 4 is 17.3 Å². The Labute approximate surface area is 108 Å². The third-order valence-corrected chi connectivity index (χ3v) is 2.28. The highest BCUT2D eigenvalue weighted by atomic mass is 19.1. The summed E-state index contributed by atoms with van der Waals surface area (Å²) >= 11 is 0. The van der Waals surface area contributed by atoms with Crippen molar-refractivity contribution in [3.63, 3.8) is 0 Å². The van der Waals surface area contributed by atoms with Crippen molar-refractivity contribution in [2.75, 3.05) is 23.8 Å². The van der Waals surface area contributed by atoms with E-state index in [1.165, 1.54) is 12.4 Å². The zero-order chi connectivity index (χ0) is 13.7. The van der Waals surface area contributed by atoms with Gasteiger partial charge in [-0.15, -0.1) is 0 Å². The van der Waals surface area contributed by atoms with E-state index in [1.54, 1.807) is 6.07 Å². The molecule has 19 heavy (non-hydrogen) atoms. The van der Waals surface area contributed by atoms with Crippen LogP contribution < -0.4 is 10.6 Å². The number of aliphatic hydroxyl groups excluding tert-OH is 1. The van der Waals surface area contributed by atoms with Crippen LogP contribution in [0.5, 0.6) is 0 Å². The van der Waals surface area contributed by atoms with Crippen molar-refractivity contribution < 1.29 is 13.9 Å². The number of benzene rings is 1. The third-order valence-electron chi connectivity index (χ3n) is 2.28. The summed E-state index contributed by atoms with van der Waals surface area (Å²) in [6.45, 7) is 0.320. The molecule has 5 nitrogen and oxygen atoms in total. The molecule has 2 rings (SSSR count). The number of rotatable bonds is 5. The molecule has 0 spiro atoms. The summed E-state index contributed by atoms with van der Waals surface area (Å²) in [5.74, 6) is -0.491. The highest BCUT2D eigenvalue weighted by Gasteiger charge is 2.05. The second kappa shape index (κ2) is 6.05. The highest BCUT2D eigenvalue weighted by molar-refractivity contribution is 5.59. The summed E-state index contributed by atoms with van der Waals surface area (Å²) in [4.78, 5) is 7.85. The molecule has 3 N–H and O–H groups in total. The van der Waals surface area contributed by atoms with Gasteiger partial charge in [0.15, 0.2) is 0 Å². The quantitative estimate of drug-likeness (QED) is 0.771. The number of hydrogen-bond acceptors (Lipinski definition) is 5. The Bertz CT molecular complexity index is 565. The van der Waals surface area contributed by atoms with E-state index in [0.29, 0.717) is 18.2 Å². The van der Waals surface area contributed by atoms with Gasteiger partial charge in [-0.05, 0) is 12.1 Å². The van der Waals surface area contributed by atoms with Gasteiger partial charge < -0.3 is 15.7 Å². The lowest BCUT2D eigenvalue weighted by Gasteiger charge is -2.08. The second-order valence-electron chi connectivity index (χ2n) is 3.69. The minimum absolute atomic E-state index is 0.0284. The van der Waals surface area contributed by atoms with Crippen LogP contribution in [0.2, 0.25) is 0 Å². The van der Waals surface area contributed by atoms with Gasteiger partial charge in [-0.1, -0.05) is 0 Å². The van der Waals surface area contributed by atoms with Crippen LogP contribution in [0, 0.1) is 11.6 Å². The highest BCUT2D eigenvalue weighted by Crippen LogP contribution is 2.20. The summed E-state index contributed by atoms with van der Waals surface area (Å²) < 4.78 is 26.2. The number of halogens is 2. The van der Waals surface area contributed by atoms with Crippen molar-refractivity contribution in [3.8, 4) is 0 Å². The van der Waals surface area contributed by atoms with E-state index < -0.39 is 11.6 Å². The average molecular weight is 266 g/mol. The van der Waals surface area contributed by atoms with E-state index >= 15 is 0 Å². The first kappa shape index (κ1) is 13.2. The van der Waals surface area contributed by atoms with Gasteiger partial charge in [0, 0.05) is 18.7 Å². The van der Waals surface area contributed by atoms with Crippen molar-refractivity contribution in [3.05, 3.63) is 42.2 Å². The van der Waals surface area contributed by atoms with Gasteiger partial charge in [0.05, 0.1) is 12.3 Å². The molecule has 0 unspecified atom stereocenters. The molecule has 7 heteroatoms. The van der Waals surface area contributed by atoms with Crippen molar-refractivity contribution in [1.82, 2.24) is 9.97 Å². The molecule has 0 aliphatic carbocycles. The summed E-state index contributed by atoms with van der Waals surface area (Å²) in [5, 5.41) is 14.3.